The number of aryl methyl sites for hydroxylation is 1. The molecule has 5 heteroatoms. The molecule has 0 bridgehead atoms. The zero-order valence-corrected chi connectivity index (χ0v) is 18.3. The minimum atomic E-state index is -4.45. The molecule has 0 saturated heterocycles. The molecule has 0 unspecified atom stereocenters. The Balaban J connectivity index is 0.00000312. The molecule has 0 atom stereocenters. The van der Waals surface area contributed by atoms with Crippen LogP contribution in [0, 0.1) is 0 Å². The molecule has 0 aliphatic rings. The number of unbranched alkanes of at least 4 members (excludes halogenated alkanes) is 7. The van der Waals surface area contributed by atoms with Crippen molar-refractivity contribution in [2.75, 3.05) is 0 Å². The van der Waals surface area contributed by atoms with Gasteiger partial charge in [-0.1, -0.05) is 82.2 Å². The molecule has 0 amide bonds. The van der Waals surface area contributed by atoms with Crippen LogP contribution >= 0.6 is 0 Å². The van der Waals surface area contributed by atoms with Gasteiger partial charge in [0.05, 0.1) is 4.90 Å². The third-order valence-electron chi connectivity index (χ3n) is 4.52. The van der Waals surface area contributed by atoms with Gasteiger partial charge < -0.3 is 4.55 Å². The third-order valence-corrected chi connectivity index (χ3v) is 5.40. The van der Waals surface area contributed by atoms with Gasteiger partial charge in [-0.15, -0.1) is 0 Å². The second kappa shape index (κ2) is 11.3. The molecule has 25 heavy (non-hydrogen) atoms. The zero-order chi connectivity index (χ0) is 17.4. The van der Waals surface area contributed by atoms with Crippen LogP contribution in [0.15, 0.2) is 41.3 Å². The van der Waals surface area contributed by atoms with Gasteiger partial charge in [-0.2, -0.15) is 0 Å². The van der Waals surface area contributed by atoms with Gasteiger partial charge in [-0.3, -0.25) is 0 Å². The molecule has 0 heterocycles. The van der Waals surface area contributed by atoms with Crippen LogP contribution in [0.4, 0.5) is 0 Å². The molecule has 0 aromatic heterocycles. The van der Waals surface area contributed by atoms with E-state index in [-0.39, 0.29) is 34.5 Å². The first-order valence-electron chi connectivity index (χ1n) is 9.00. The van der Waals surface area contributed by atoms with E-state index < -0.39 is 10.1 Å². The van der Waals surface area contributed by atoms with Crippen molar-refractivity contribution in [1.29, 1.82) is 0 Å². The summed E-state index contributed by atoms with van der Waals surface area (Å²) in [4.78, 5) is -0.0878. The molecular formula is C20H27NaO3S. The van der Waals surface area contributed by atoms with Crippen LogP contribution in [0.1, 0.15) is 63.9 Å². The Kier molecular flexibility index (Phi) is 10.3. The Morgan fingerprint density at radius 1 is 0.840 bits per heavy atom. The maximum Gasteiger partial charge on any atom is 1.00 e. The first-order chi connectivity index (χ1) is 11.5. The minimum Gasteiger partial charge on any atom is -0.744 e. The molecule has 0 fully saturated rings. The van der Waals surface area contributed by atoms with Gasteiger partial charge in [0.1, 0.15) is 10.1 Å². The fraction of sp³-hybridized carbons (Fsp3) is 0.500. The van der Waals surface area contributed by atoms with E-state index in [1.54, 1.807) is 6.07 Å². The molecule has 2 aromatic carbocycles. The summed E-state index contributed by atoms with van der Waals surface area (Å²) in [6.45, 7) is 2.22. The van der Waals surface area contributed by atoms with E-state index in [0.29, 0.717) is 5.39 Å². The van der Waals surface area contributed by atoms with E-state index >= 15 is 0 Å². The van der Waals surface area contributed by atoms with Crippen LogP contribution in [-0.2, 0) is 16.5 Å². The molecular weight excluding hydrogens is 343 g/mol. The van der Waals surface area contributed by atoms with E-state index in [0.717, 1.165) is 30.2 Å². The van der Waals surface area contributed by atoms with Crippen LogP contribution in [0.2, 0.25) is 0 Å². The van der Waals surface area contributed by atoms with Crippen LogP contribution in [0.3, 0.4) is 0 Å². The second-order valence-electron chi connectivity index (χ2n) is 6.45. The molecule has 3 nitrogen and oxygen atoms in total. The molecule has 0 N–H and O–H groups in total. The van der Waals surface area contributed by atoms with E-state index in [4.69, 9.17) is 0 Å². The molecule has 0 aliphatic carbocycles. The van der Waals surface area contributed by atoms with Crippen molar-refractivity contribution in [3.8, 4) is 0 Å². The van der Waals surface area contributed by atoms with Crippen molar-refractivity contribution in [3.05, 3.63) is 42.0 Å². The fourth-order valence-electron chi connectivity index (χ4n) is 3.25. The zero-order valence-electron chi connectivity index (χ0n) is 15.5. The molecule has 132 valence electrons. The van der Waals surface area contributed by atoms with E-state index in [1.807, 2.05) is 24.3 Å². The van der Waals surface area contributed by atoms with Gasteiger partial charge in [0.15, 0.2) is 0 Å². The normalized spacial score (nSPS) is 11.4. The number of rotatable bonds is 10. The average molecular weight is 370 g/mol. The van der Waals surface area contributed by atoms with Crippen molar-refractivity contribution in [2.24, 2.45) is 0 Å². The number of hydrogen-bond acceptors (Lipinski definition) is 3. The number of benzene rings is 2. The van der Waals surface area contributed by atoms with Crippen molar-refractivity contribution in [3.63, 3.8) is 0 Å². The van der Waals surface area contributed by atoms with Crippen molar-refractivity contribution in [2.45, 2.75) is 69.6 Å². The summed E-state index contributed by atoms with van der Waals surface area (Å²) in [5, 5.41) is 1.43. The van der Waals surface area contributed by atoms with Gasteiger partial charge >= 0.3 is 29.6 Å². The molecule has 0 saturated carbocycles. The number of fused-ring (bicyclic) bond motifs is 1. The van der Waals surface area contributed by atoms with Gasteiger partial charge in [0.2, 0.25) is 0 Å². The SMILES string of the molecule is CCCCCCCCCCc1cccc2cccc(S(=O)(=O)[O-])c12.[Na+]. The summed E-state index contributed by atoms with van der Waals surface area (Å²) in [6.07, 6.45) is 10.7. The first-order valence-corrected chi connectivity index (χ1v) is 10.4. The van der Waals surface area contributed by atoms with Crippen LogP contribution in [-0.4, -0.2) is 13.0 Å². The number of hydrogen-bond donors (Lipinski definition) is 0. The topological polar surface area (TPSA) is 57.2 Å². The minimum absolute atomic E-state index is 0. The van der Waals surface area contributed by atoms with E-state index in [9.17, 15) is 13.0 Å². The largest absolute Gasteiger partial charge is 1.00 e. The van der Waals surface area contributed by atoms with E-state index in [1.165, 1.54) is 44.6 Å². The summed E-state index contributed by atoms with van der Waals surface area (Å²) in [6, 6.07) is 10.7. The Bertz CT molecular complexity index is 751. The van der Waals surface area contributed by atoms with Gasteiger partial charge in [0.25, 0.3) is 0 Å². The standard InChI is InChI=1S/C20H28O3S.Na/c1-2-3-4-5-6-7-8-9-12-17-13-10-14-18-15-11-16-19(20(17)18)24(21,22)23;/h10-11,13-16H,2-9,12H2,1H3,(H,21,22,23);/q;+1/p-1. The Morgan fingerprint density at radius 3 is 2.00 bits per heavy atom. The molecule has 0 radical (unpaired) electrons. The van der Waals surface area contributed by atoms with Gasteiger partial charge in [0, 0.05) is 5.39 Å². The molecule has 0 aliphatic heterocycles. The van der Waals surface area contributed by atoms with Gasteiger partial charge in [-0.05, 0) is 29.9 Å². The quantitative estimate of drug-likeness (QED) is 0.367. The van der Waals surface area contributed by atoms with Crippen LogP contribution < -0.4 is 29.6 Å². The average Bonchev–Trinajstić information content (AvgIpc) is 2.56. The van der Waals surface area contributed by atoms with Crippen LogP contribution in [0.25, 0.3) is 10.8 Å². The monoisotopic (exact) mass is 370 g/mol. The summed E-state index contributed by atoms with van der Waals surface area (Å²) in [5.74, 6) is 0. The fourth-order valence-corrected chi connectivity index (χ4v) is 3.99. The summed E-state index contributed by atoms with van der Waals surface area (Å²) < 4.78 is 34.6. The maximum absolute atomic E-state index is 11.5. The van der Waals surface area contributed by atoms with Crippen molar-refractivity contribution < 1.29 is 42.5 Å². The summed E-state index contributed by atoms with van der Waals surface area (Å²) >= 11 is 0. The first kappa shape index (κ1) is 22.7. The predicted molar refractivity (Wildman–Crippen MR) is 98.2 cm³/mol. The Hall–Kier alpha value is -0.390. The summed E-state index contributed by atoms with van der Waals surface area (Å²) in [5.41, 5.74) is 0.966. The van der Waals surface area contributed by atoms with Crippen molar-refractivity contribution >= 4 is 20.9 Å². The molecule has 2 rings (SSSR count). The third kappa shape index (κ3) is 7.03. The van der Waals surface area contributed by atoms with Crippen LogP contribution in [0.5, 0.6) is 0 Å². The maximum atomic E-state index is 11.5. The molecule has 0 spiro atoms. The van der Waals surface area contributed by atoms with Crippen molar-refractivity contribution in [1.82, 2.24) is 0 Å². The second-order valence-corrected chi connectivity index (χ2v) is 7.80. The Labute approximate surface area is 174 Å². The van der Waals surface area contributed by atoms with Gasteiger partial charge in [-0.25, -0.2) is 8.42 Å². The smallest absolute Gasteiger partial charge is 0.744 e. The predicted octanol–water partition coefficient (Wildman–Crippen LogP) is 2.43. The summed E-state index contributed by atoms with van der Waals surface area (Å²) in [7, 11) is -4.45. The van der Waals surface area contributed by atoms with E-state index in [2.05, 4.69) is 6.92 Å². The molecule has 2 aromatic rings. The Morgan fingerprint density at radius 2 is 1.40 bits per heavy atom.